The van der Waals surface area contributed by atoms with Crippen molar-refractivity contribution in [1.29, 1.82) is 0 Å². The van der Waals surface area contributed by atoms with Gasteiger partial charge in [0.25, 0.3) is 0 Å². The van der Waals surface area contributed by atoms with E-state index in [9.17, 15) is 13.2 Å². The zero-order chi connectivity index (χ0) is 12.9. The van der Waals surface area contributed by atoms with E-state index >= 15 is 0 Å². The molecule has 1 aromatic rings. The molecule has 1 atom stereocenters. The molecule has 17 heavy (non-hydrogen) atoms. The van der Waals surface area contributed by atoms with E-state index in [0.717, 1.165) is 12.1 Å². The summed E-state index contributed by atoms with van der Waals surface area (Å²) in [5.41, 5.74) is 4.79. The third-order valence-corrected chi connectivity index (χ3v) is 2.13. The van der Waals surface area contributed by atoms with E-state index in [-0.39, 0.29) is 19.0 Å². The highest BCUT2D eigenvalue weighted by molar-refractivity contribution is 5.30. The Labute approximate surface area is 97.0 Å². The maximum Gasteiger partial charge on any atom is 0.416 e. The van der Waals surface area contributed by atoms with Crippen molar-refractivity contribution in [2.45, 2.75) is 18.6 Å². The summed E-state index contributed by atoms with van der Waals surface area (Å²) in [5.74, 6) is 0.119. The second-order valence-electron chi connectivity index (χ2n) is 3.61. The first-order chi connectivity index (χ1) is 7.93. The van der Waals surface area contributed by atoms with E-state index in [1.54, 1.807) is 0 Å². The first-order valence-electron chi connectivity index (χ1n) is 5.10. The lowest BCUT2D eigenvalue weighted by atomic mass is 10.2. The van der Waals surface area contributed by atoms with Crippen molar-refractivity contribution < 1.29 is 23.0 Å². The highest BCUT2D eigenvalue weighted by Crippen LogP contribution is 2.31. The van der Waals surface area contributed by atoms with Gasteiger partial charge in [0, 0.05) is 12.6 Å². The molecule has 0 fully saturated rings. The molecule has 3 N–H and O–H groups in total. The minimum atomic E-state index is -4.38. The summed E-state index contributed by atoms with van der Waals surface area (Å²) in [6, 6.07) is 4.21. The number of hydrogen-bond donors (Lipinski definition) is 2. The summed E-state index contributed by atoms with van der Waals surface area (Å²) < 4.78 is 42.2. The van der Waals surface area contributed by atoms with Crippen LogP contribution in [0.4, 0.5) is 13.2 Å². The molecule has 0 saturated carbocycles. The van der Waals surface area contributed by atoms with E-state index in [0.29, 0.717) is 6.42 Å². The van der Waals surface area contributed by atoms with E-state index < -0.39 is 17.8 Å². The van der Waals surface area contributed by atoms with Crippen LogP contribution in [0.1, 0.15) is 12.0 Å². The van der Waals surface area contributed by atoms with Gasteiger partial charge in [0.1, 0.15) is 12.4 Å². The third kappa shape index (κ3) is 4.62. The van der Waals surface area contributed by atoms with E-state index in [1.165, 1.54) is 12.1 Å². The molecule has 3 nitrogen and oxygen atoms in total. The van der Waals surface area contributed by atoms with Gasteiger partial charge in [-0.3, -0.25) is 0 Å². The number of aliphatic hydroxyl groups is 1. The third-order valence-electron chi connectivity index (χ3n) is 2.13. The zero-order valence-corrected chi connectivity index (χ0v) is 9.07. The molecule has 0 saturated heterocycles. The minimum Gasteiger partial charge on any atom is -0.492 e. The van der Waals surface area contributed by atoms with Gasteiger partial charge in [-0.2, -0.15) is 13.2 Å². The molecule has 0 aliphatic rings. The Hall–Kier alpha value is -1.27. The van der Waals surface area contributed by atoms with Crippen LogP contribution in [0.15, 0.2) is 24.3 Å². The van der Waals surface area contributed by atoms with Crippen molar-refractivity contribution in [2.75, 3.05) is 13.2 Å². The lowest BCUT2D eigenvalue weighted by molar-refractivity contribution is -0.137. The average molecular weight is 249 g/mol. The molecule has 0 spiro atoms. The molecular formula is C11H14F3NO2. The van der Waals surface area contributed by atoms with Crippen LogP contribution in [0.3, 0.4) is 0 Å². The van der Waals surface area contributed by atoms with Crippen molar-refractivity contribution in [3.8, 4) is 5.75 Å². The summed E-state index contributed by atoms with van der Waals surface area (Å²) in [4.78, 5) is 0. The van der Waals surface area contributed by atoms with Gasteiger partial charge in [-0.15, -0.1) is 0 Å². The smallest absolute Gasteiger partial charge is 0.416 e. The molecule has 1 aromatic carbocycles. The van der Waals surface area contributed by atoms with E-state index in [1.807, 2.05) is 0 Å². The normalized spacial score (nSPS) is 13.5. The van der Waals surface area contributed by atoms with Crippen molar-refractivity contribution in [3.63, 3.8) is 0 Å². The van der Waals surface area contributed by atoms with Gasteiger partial charge < -0.3 is 15.6 Å². The Balaban J connectivity index is 2.60. The van der Waals surface area contributed by atoms with Crippen LogP contribution in [0.5, 0.6) is 5.75 Å². The number of hydrogen-bond acceptors (Lipinski definition) is 3. The van der Waals surface area contributed by atoms with Crippen LogP contribution < -0.4 is 10.5 Å². The Kier molecular flexibility index (Phi) is 4.77. The van der Waals surface area contributed by atoms with Crippen molar-refractivity contribution in [2.24, 2.45) is 5.73 Å². The maximum atomic E-state index is 12.4. The standard InChI is InChI=1S/C11H14F3NO2/c12-11(13,14)8-2-1-3-10(6-8)17-7-9(15)4-5-16/h1-3,6,9,16H,4-5,7,15H2. The first kappa shape index (κ1) is 13.8. The molecular weight excluding hydrogens is 235 g/mol. The lowest BCUT2D eigenvalue weighted by Gasteiger charge is -2.13. The van der Waals surface area contributed by atoms with Crippen LogP contribution in [0, 0.1) is 0 Å². The van der Waals surface area contributed by atoms with Gasteiger partial charge in [-0.05, 0) is 24.6 Å². The molecule has 0 radical (unpaired) electrons. The summed E-state index contributed by atoms with van der Waals surface area (Å²) >= 11 is 0. The molecule has 0 aromatic heterocycles. The topological polar surface area (TPSA) is 55.5 Å². The number of benzene rings is 1. The van der Waals surface area contributed by atoms with Gasteiger partial charge in [-0.1, -0.05) is 6.07 Å². The van der Waals surface area contributed by atoms with Crippen molar-refractivity contribution >= 4 is 0 Å². The SMILES string of the molecule is NC(CCO)COc1cccc(C(F)(F)F)c1. The molecule has 1 rings (SSSR count). The van der Waals surface area contributed by atoms with Crippen LogP contribution >= 0.6 is 0 Å². The van der Waals surface area contributed by atoms with Gasteiger partial charge in [0.15, 0.2) is 0 Å². The molecule has 0 bridgehead atoms. The Morgan fingerprint density at radius 3 is 2.65 bits per heavy atom. The monoisotopic (exact) mass is 249 g/mol. The number of aliphatic hydroxyl groups excluding tert-OH is 1. The molecule has 6 heteroatoms. The van der Waals surface area contributed by atoms with Gasteiger partial charge in [0.05, 0.1) is 5.56 Å². The quantitative estimate of drug-likeness (QED) is 0.836. The highest BCUT2D eigenvalue weighted by Gasteiger charge is 2.30. The summed E-state index contributed by atoms with van der Waals surface area (Å²) in [6.45, 7) is -0.00497. The molecule has 0 amide bonds. The molecule has 0 aliphatic heterocycles. The summed E-state index contributed by atoms with van der Waals surface area (Å²) in [6.07, 6.45) is -4.04. The fraction of sp³-hybridized carbons (Fsp3) is 0.455. The Bertz CT molecular complexity index is 355. The number of nitrogens with two attached hydrogens (primary N) is 1. The molecule has 0 heterocycles. The van der Waals surface area contributed by atoms with E-state index in [2.05, 4.69) is 0 Å². The van der Waals surface area contributed by atoms with Crippen LogP contribution in [-0.4, -0.2) is 24.4 Å². The molecule has 0 aliphatic carbocycles. The van der Waals surface area contributed by atoms with Gasteiger partial charge in [-0.25, -0.2) is 0 Å². The molecule has 96 valence electrons. The van der Waals surface area contributed by atoms with Crippen molar-refractivity contribution in [1.82, 2.24) is 0 Å². The van der Waals surface area contributed by atoms with Gasteiger partial charge >= 0.3 is 6.18 Å². The Morgan fingerprint density at radius 2 is 2.06 bits per heavy atom. The minimum absolute atomic E-state index is 0.0713. The van der Waals surface area contributed by atoms with Crippen molar-refractivity contribution in [3.05, 3.63) is 29.8 Å². The van der Waals surface area contributed by atoms with Gasteiger partial charge in [0.2, 0.25) is 0 Å². The predicted octanol–water partition coefficient (Wildman–Crippen LogP) is 1.79. The summed E-state index contributed by atoms with van der Waals surface area (Å²) in [7, 11) is 0. The van der Waals surface area contributed by atoms with E-state index in [4.69, 9.17) is 15.6 Å². The van der Waals surface area contributed by atoms with Crippen LogP contribution in [0.25, 0.3) is 0 Å². The second-order valence-corrected chi connectivity index (χ2v) is 3.61. The fourth-order valence-corrected chi connectivity index (χ4v) is 1.21. The molecule has 1 unspecified atom stereocenters. The highest BCUT2D eigenvalue weighted by atomic mass is 19.4. The number of rotatable bonds is 5. The van der Waals surface area contributed by atoms with Crippen LogP contribution in [0.2, 0.25) is 0 Å². The largest absolute Gasteiger partial charge is 0.492 e. The zero-order valence-electron chi connectivity index (χ0n) is 9.07. The fourth-order valence-electron chi connectivity index (χ4n) is 1.21. The number of alkyl halides is 3. The lowest BCUT2D eigenvalue weighted by Crippen LogP contribution is -2.28. The average Bonchev–Trinajstić information content (AvgIpc) is 2.26. The second kappa shape index (κ2) is 5.88. The number of halogens is 3. The first-order valence-corrected chi connectivity index (χ1v) is 5.10. The van der Waals surface area contributed by atoms with Crippen LogP contribution in [-0.2, 0) is 6.18 Å². The number of ether oxygens (including phenoxy) is 1. The Morgan fingerprint density at radius 1 is 1.35 bits per heavy atom. The summed E-state index contributed by atoms with van der Waals surface area (Å²) in [5, 5.41) is 8.60. The predicted molar refractivity (Wildman–Crippen MR) is 56.6 cm³/mol. The maximum absolute atomic E-state index is 12.4.